The summed E-state index contributed by atoms with van der Waals surface area (Å²) in [5.74, 6) is 0.658. The van der Waals surface area contributed by atoms with Gasteiger partial charge in [-0.15, -0.1) is 0 Å². The molecule has 3 rings (SSSR count). The minimum Gasteiger partial charge on any atom is -0.373 e. The minimum absolute atomic E-state index is 0.115. The first kappa shape index (κ1) is 15.7. The van der Waals surface area contributed by atoms with Gasteiger partial charge in [-0.25, -0.2) is 0 Å². The van der Waals surface area contributed by atoms with Crippen molar-refractivity contribution >= 4 is 22.3 Å². The third-order valence-corrected chi connectivity index (χ3v) is 4.70. The van der Waals surface area contributed by atoms with Crippen LogP contribution in [0, 0.1) is 16.0 Å². The molecule has 1 saturated heterocycles. The molecule has 1 aromatic carbocycles. The molecule has 1 fully saturated rings. The number of fused-ring (bicyclic) bond motifs is 1. The molecule has 122 valence electrons. The predicted molar refractivity (Wildman–Crippen MR) is 91.9 cm³/mol. The van der Waals surface area contributed by atoms with Crippen LogP contribution in [0.4, 0.5) is 11.4 Å². The number of nitrogens with zero attached hydrogens (tertiary/aromatic N) is 4. The van der Waals surface area contributed by atoms with E-state index in [0.717, 1.165) is 25.3 Å². The molecule has 0 amide bonds. The summed E-state index contributed by atoms with van der Waals surface area (Å²) in [5.41, 5.74) is 1.78. The van der Waals surface area contributed by atoms with Gasteiger partial charge in [-0.1, -0.05) is 0 Å². The topological polar surface area (TPSA) is 62.5 Å². The molecule has 0 bridgehead atoms. The second kappa shape index (κ2) is 6.50. The van der Waals surface area contributed by atoms with Gasteiger partial charge in [0.25, 0.3) is 5.69 Å². The molecule has 0 radical (unpaired) electrons. The lowest BCUT2D eigenvalue weighted by Gasteiger charge is -2.32. The molecule has 0 unspecified atom stereocenters. The van der Waals surface area contributed by atoms with Crippen LogP contribution in [0.25, 0.3) is 10.9 Å². The first-order valence-electron chi connectivity index (χ1n) is 7.98. The van der Waals surface area contributed by atoms with Gasteiger partial charge in [0.2, 0.25) is 0 Å². The van der Waals surface area contributed by atoms with Gasteiger partial charge in [0.05, 0.1) is 16.0 Å². The van der Waals surface area contributed by atoms with E-state index in [1.54, 1.807) is 24.4 Å². The summed E-state index contributed by atoms with van der Waals surface area (Å²) in [6.07, 6.45) is 4.08. The fraction of sp³-hybridized carbons (Fsp3) is 0.471. The summed E-state index contributed by atoms with van der Waals surface area (Å²) in [6.45, 7) is 3.23. The van der Waals surface area contributed by atoms with Gasteiger partial charge in [0.15, 0.2) is 0 Å². The van der Waals surface area contributed by atoms with Crippen LogP contribution in [-0.2, 0) is 0 Å². The number of rotatable bonds is 4. The molecule has 0 N–H and O–H groups in total. The smallest absolute Gasteiger partial charge is 0.278 e. The fourth-order valence-electron chi connectivity index (χ4n) is 3.34. The molecule has 2 heterocycles. The number of likely N-dealkylation sites (tertiary alicyclic amines) is 1. The fourth-order valence-corrected chi connectivity index (χ4v) is 3.34. The normalized spacial score (nSPS) is 16.6. The summed E-state index contributed by atoms with van der Waals surface area (Å²) < 4.78 is 0. The number of aromatic nitrogens is 1. The first-order chi connectivity index (χ1) is 11.1. The molecular weight excluding hydrogens is 292 g/mol. The highest BCUT2D eigenvalue weighted by Gasteiger charge is 2.21. The monoisotopic (exact) mass is 314 g/mol. The minimum atomic E-state index is -0.342. The molecule has 1 aliphatic heterocycles. The Kier molecular flexibility index (Phi) is 4.43. The first-order valence-corrected chi connectivity index (χ1v) is 7.98. The number of hydrogen-bond donors (Lipinski definition) is 0. The predicted octanol–water partition coefficient (Wildman–Crippen LogP) is 2.92. The molecule has 2 aromatic rings. The zero-order valence-corrected chi connectivity index (χ0v) is 13.6. The van der Waals surface area contributed by atoms with Crippen molar-refractivity contribution in [1.29, 1.82) is 0 Å². The van der Waals surface area contributed by atoms with Crippen LogP contribution < -0.4 is 4.90 Å². The summed E-state index contributed by atoms with van der Waals surface area (Å²) in [7, 11) is 4.21. The highest BCUT2D eigenvalue weighted by Crippen LogP contribution is 2.32. The van der Waals surface area contributed by atoms with Gasteiger partial charge in [-0.3, -0.25) is 15.1 Å². The molecule has 6 nitrogen and oxygen atoms in total. The number of hydrogen-bond acceptors (Lipinski definition) is 5. The maximum Gasteiger partial charge on any atom is 0.278 e. The number of pyridine rings is 1. The summed E-state index contributed by atoms with van der Waals surface area (Å²) >= 11 is 0. The van der Waals surface area contributed by atoms with Crippen LogP contribution in [0.3, 0.4) is 0 Å². The Morgan fingerprint density at radius 3 is 2.78 bits per heavy atom. The van der Waals surface area contributed by atoms with Gasteiger partial charge in [-0.2, -0.15) is 0 Å². The average Bonchev–Trinajstić information content (AvgIpc) is 2.55. The van der Waals surface area contributed by atoms with Crippen LogP contribution in [0.1, 0.15) is 12.8 Å². The molecule has 0 atom stereocenters. The molecule has 23 heavy (non-hydrogen) atoms. The van der Waals surface area contributed by atoms with Crippen molar-refractivity contribution in [1.82, 2.24) is 9.88 Å². The molecule has 0 aliphatic carbocycles. The van der Waals surface area contributed by atoms with Gasteiger partial charge >= 0.3 is 0 Å². The number of non-ortho nitro benzene ring substituents is 1. The van der Waals surface area contributed by atoms with Crippen molar-refractivity contribution in [2.45, 2.75) is 12.8 Å². The second-order valence-electron chi connectivity index (χ2n) is 6.39. The lowest BCUT2D eigenvalue weighted by atomic mass is 9.96. The Morgan fingerprint density at radius 2 is 2.09 bits per heavy atom. The number of nitro benzene ring substituents is 1. The Hall–Kier alpha value is -2.21. The van der Waals surface area contributed by atoms with Crippen molar-refractivity contribution < 1.29 is 4.92 Å². The molecule has 6 heteroatoms. The van der Waals surface area contributed by atoms with Gasteiger partial charge in [0, 0.05) is 25.9 Å². The third kappa shape index (κ3) is 3.27. The van der Waals surface area contributed by atoms with Gasteiger partial charge in [-0.05, 0) is 57.1 Å². The molecule has 1 aliphatic rings. The van der Waals surface area contributed by atoms with Gasteiger partial charge < -0.3 is 9.80 Å². The summed E-state index contributed by atoms with van der Waals surface area (Å²) in [5, 5.41) is 11.8. The van der Waals surface area contributed by atoms with Crippen molar-refractivity contribution in [2.75, 3.05) is 38.6 Å². The van der Waals surface area contributed by atoms with Crippen molar-refractivity contribution in [3.8, 4) is 0 Å². The molecule has 1 aromatic heterocycles. The zero-order chi connectivity index (χ0) is 16.4. The maximum absolute atomic E-state index is 11.2. The zero-order valence-electron chi connectivity index (χ0n) is 13.6. The quantitative estimate of drug-likeness (QED) is 0.641. The third-order valence-electron chi connectivity index (χ3n) is 4.70. The number of piperidine rings is 1. The largest absolute Gasteiger partial charge is 0.373 e. The van der Waals surface area contributed by atoms with E-state index in [0.29, 0.717) is 16.8 Å². The van der Waals surface area contributed by atoms with Crippen molar-refractivity contribution in [2.24, 2.45) is 5.92 Å². The number of benzene rings is 1. The standard InChI is InChI=1S/C17H22N4O2/c1-19-10-7-13(8-11-19)12-20(2)16-6-5-15(21(22)23)14-4-3-9-18-17(14)16/h3-6,9,13H,7-8,10-12H2,1-2H3. The molecule has 0 spiro atoms. The van der Waals surface area contributed by atoms with Crippen molar-refractivity contribution in [3.05, 3.63) is 40.6 Å². The Bertz CT molecular complexity index is 711. The lowest BCUT2D eigenvalue weighted by Crippen LogP contribution is -2.35. The Labute approximate surface area is 135 Å². The molecule has 0 saturated carbocycles. The van der Waals surface area contributed by atoms with E-state index in [-0.39, 0.29) is 10.6 Å². The van der Waals surface area contributed by atoms with E-state index in [2.05, 4.69) is 21.8 Å². The Balaban J connectivity index is 1.87. The average molecular weight is 314 g/mol. The van der Waals surface area contributed by atoms with E-state index in [9.17, 15) is 10.1 Å². The van der Waals surface area contributed by atoms with Crippen LogP contribution in [0.2, 0.25) is 0 Å². The van der Waals surface area contributed by atoms with Crippen molar-refractivity contribution in [3.63, 3.8) is 0 Å². The lowest BCUT2D eigenvalue weighted by molar-refractivity contribution is -0.383. The SMILES string of the molecule is CN1CCC(CN(C)c2ccc([N+](=O)[O-])c3cccnc23)CC1. The Morgan fingerprint density at radius 1 is 1.35 bits per heavy atom. The number of anilines is 1. The van der Waals surface area contributed by atoms with E-state index in [1.165, 1.54) is 12.8 Å². The van der Waals surface area contributed by atoms with E-state index in [1.807, 2.05) is 13.1 Å². The van der Waals surface area contributed by atoms with E-state index >= 15 is 0 Å². The van der Waals surface area contributed by atoms with Crippen LogP contribution in [0.5, 0.6) is 0 Å². The summed E-state index contributed by atoms with van der Waals surface area (Å²) in [6, 6.07) is 6.93. The van der Waals surface area contributed by atoms with Gasteiger partial charge in [0.1, 0.15) is 5.52 Å². The maximum atomic E-state index is 11.2. The number of nitro groups is 1. The van der Waals surface area contributed by atoms with E-state index in [4.69, 9.17) is 0 Å². The molecular formula is C17H22N4O2. The van der Waals surface area contributed by atoms with Crippen LogP contribution in [-0.4, -0.2) is 48.5 Å². The van der Waals surface area contributed by atoms with E-state index < -0.39 is 0 Å². The highest BCUT2D eigenvalue weighted by molar-refractivity contribution is 5.96. The second-order valence-corrected chi connectivity index (χ2v) is 6.39. The highest BCUT2D eigenvalue weighted by atomic mass is 16.6. The summed E-state index contributed by atoms with van der Waals surface area (Å²) in [4.78, 5) is 19.8. The van der Waals surface area contributed by atoms with Crippen LogP contribution in [0.15, 0.2) is 30.5 Å². The van der Waals surface area contributed by atoms with Crippen LogP contribution >= 0.6 is 0 Å².